The van der Waals surface area contributed by atoms with E-state index in [1.807, 2.05) is 0 Å². The van der Waals surface area contributed by atoms with Crippen LogP contribution in [0.1, 0.15) is 38.7 Å². The Hall–Kier alpha value is -2.11. The standard InChI is InChI=1S/C17H22FNO4/c1-17(2,3)23-16(21)19-8-7-12(14(20)10-19)11-5-6-15(22-4)13(18)9-11/h5-6,9,12H,7-8,10H2,1-4H3. The fraction of sp³-hybridized carbons (Fsp3) is 0.529. The lowest BCUT2D eigenvalue weighted by Gasteiger charge is -2.32. The molecule has 1 aliphatic heterocycles. The molecule has 126 valence electrons. The summed E-state index contributed by atoms with van der Waals surface area (Å²) in [7, 11) is 1.39. The van der Waals surface area contributed by atoms with Gasteiger partial charge >= 0.3 is 6.09 Å². The molecule has 0 radical (unpaired) electrons. The number of nitrogens with zero attached hydrogens (tertiary/aromatic N) is 1. The number of likely N-dealkylation sites (tertiary alicyclic amines) is 1. The Balaban J connectivity index is 2.06. The Bertz CT molecular complexity index is 609. The van der Waals surface area contributed by atoms with Gasteiger partial charge in [-0.3, -0.25) is 4.79 Å². The lowest BCUT2D eigenvalue weighted by atomic mass is 9.88. The van der Waals surface area contributed by atoms with Crippen LogP contribution in [-0.2, 0) is 9.53 Å². The van der Waals surface area contributed by atoms with E-state index in [2.05, 4.69) is 0 Å². The zero-order chi connectivity index (χ0) is 17.2. The number of hydrogen-bond donors (Lipinski definition) is 0. The molecule has 1 fully saturated rings. The van der Waals surface area contributed by atoms with Gasteiger partial charge in [-0.1, -0.05) is 6.07 Å². The number of hydrogen-bond acceptors (Lipinski definition) is 4. The van der Waals surface area contributed by atoms with E-state index in [9.17, 15) is 14.0 Å². The molecular weight excluding hydrogens is 301 g/mol. The monoisotopic (exact) mass is 323 g/mol. The van der Waals surface area contributed by atoms with E-state index < -0.39 is 23.4 Å². The number of ether oxygens (including phenoxy) is 2. The van der Waals surface area contributed by atoms with Crippen LogP contribution in [0.3, 0.4) is 0 Å². The molecule has 0 aliphatic carbocycles. The second-order valence-corrected chi connectivity index (χ2v) is 6.60. The van der Waals surface area contributed by atoms with Crippen LogP contribution in [0.2, 0.25) is 0 Å². The predicted octanol–water partition coefficient (Wildman–Crippen LogP) is 3.13. The number of rotatable bonds is 2. The molecule has 1 aromatic carbocycles. The average Bonchev–Trinajstić information content (AvgIpc) is 2.45. The number of carbonyl (C=O) groups excluding carboxylic acids is 2. The third kappa shape index (κ3) is 4.21. The van der Waals surface area contributed by atoms with Crippen LogP contribution in [0, 0.1) is 5.82 Å². The minimum Gasteiger partial charge on any atom is -0.494 e. The molecule has 0 saturated carbocycles. The third-order valence-corrected chi connectivity index (χ3v) is 3.65. The fourth-order valence-corrected chi connectivity index (χ4v) is 2.56. The minimum atomic E-state index is -0.601. The molecule has 6 heteroatoms. The number of methoxy groups -OCH3 is 1. The maximum absolute atomic E-state index is 13.8. The predicted molar refractivity (Wildman–Crippen MR) is 83.1 cm³/mol. The van der Waals surface area contributed by atoms with Crippen molar-refractivity contribution in [1.82, 2.24) is 4.90 Å². The van der Waals surface area contributed by atoms with Gasteiger partial charge in [0, 0.05) is 12.5 Å². The highest BCUT2D eigenvalue weighted by Gasteiger charge is 2.33. The van der Waals surface area contributed by atoms with Crippen LogP contribution >= 0.6 is 0 Å². The topological polar surface area (TPSA) is 55.8 Å². The summed E-state index contributed by atoms with van der Waals surface area (Å²) in [6, 6.07) is 4.52. The first-order chi connectivity index (χ1) is 10.7. The quantitative estimate of drug-likeness (QED) is 0.839. The van der Waals surface area contributed by atoms with Crippen molar-refractivity contribution in [1.29, 1.82) is 0 Å². The van der Waals surface area contributed by atoms with Crippen LogP contribution in [0.5, 0.6) is 5.75 Å². The highest BCUT2D eigenvalue weighted by atomic mass is 19.1. The Morgan fingerprint density at radius 3 is 2.57 bits per heavy atom. The summed E-state index contributed by atoms with van der Waals surface area (Å²) in [5.41, 5.74) is 0.00736. The molecule has 2 rings (SSSR count). The molecule has 0 N–H and O–H groups in total. The van der Waals surface area contributed by atoms with E-state index in [1.54, 1.807) is 26.8 Å². The average molecular weight is 323 g/mol. The smallest absolute Gasteiger partial charge is 0.410 e. The summed E-state index contributed by atoms with van der Waals surface area (Å²) in [6.07, 6.45) is -0.0469. The SMILES string of the molecule is COc1ccc(C2CCN(C(=O)OC(C)(C)C)CC2=O)cc1F. The van der Waals surface area contributed by atoms with Gasteiger partial charge < -0.3 is 14.4 Å². The Kier molecular flexibility index (Phi) is 4.92. The molecule has 5 nitrogen and oxygen atoms in total. The van der Waals surface area contributed by atoms with Crippen molar-refractivity contribution in [2.75, 3.05) is 20.2 Å². The number of ketones is 1. The lowest BCUT2D eigenvalue weighted by Crippen LogP contribution is -2.45. The fourth-order valence-electron chi connectivity index (χ4n) is 2.56. The molecular formula is C17H22FNO4. The Morgan fingerprint density at radius 2 is 2.04 bits per heavy atom. The molecule has 0 spiro atoms. The van der Waals surface area contributed by atoms with Gasteiger partial charge in [0.05, 0.1) is 13.7 Å². The molecule has 1 saturated heterocycles. The molecule has 1 atom stereocenters. The normalized spacial score (nSPS) is 18.7. The summed E-state index contributed by atoms with van der Waals surface area (Å²) in [5, 5.41) is 0. The lowest BCUT2D eigenvalue weighted by molar-refractivity contribution is -0.123. The van der Waals surface area contributed by atoms with Gasteiger partial charge in [-0.05, 0) is 44.9 Å². The molecule has 1 heterocycles. The van der Waals surface area contributed by atoms with Crippen LogP contribution in [0.25, 0.3) is 0 Å². The van der Waals surface area contributed by atoms with E-state index in [0.29, 0.717) is 18.5 Å². The number of carbonyl (C=O) groups is 2. The summed E-state index contributed by atoms with van der Waals surface area (Å²) >= 11 is 0. The van der Waals surface area contributed by atoms with Gasteiger partial charge in [0.25, 0.3) is 0 Å². The van der Waals surface area contributed by atoms with E-state index in [0.717, 1.165) is 0 Å². The Morgan fingerprint density at radius 1 is 1.35 bits per heavy atom. The van der Waals surface area contributed by atoms with Gasteiger partial charge in [0.15, 0.2) is 17.3 Å². The van der Waals surface area contributed by atoms with Crippen molar-refractivity contribution in [3.8, 4) is 5.75 Å². The van der Waals surface area contributed by atoms with Crippen molar-refractivity contribution >= 4 is 11.9 Å². The first-order valence-corrected chi connectivity index (χ1v) is 7.55. The Labute approximate surface area is 135 Å². The number of amides is 1. The summed E-state index contributed by atoms with van der Waals surface area (Å²) < 4.78 is 24.0. The molecule has 1 unspecified atom stereocenters. The van der Waals surface area contributed by atoms with Gasteiger partial charge in [0.2, 0.25) is 0 Å². The summed E-state index contributed by atoms with van der Waals surface area (Å²) in [4.78, 5) is 25.7. The zero-order valence-electron chi connectivity index (χ0n) is 13.9. The van der Waals surface area contributed by atoms with Crippen molar-refractivity contribution < 1.29 is 23.5 Å². The van der Waals surface area contributed by atoms with Crippen molar-refractivity contribution in [3.63, 3.8) is 0 Å². The summed E-state index contributed by atoms with van der Waals surface area (Å²) in [5.74, 6) is -0.875. The van der Waals surface area contributed by atoms with Gasteiger partial charge in [-0.15, -0.1) is 0 Å². The van der Waals surface area contributed by atoms with E-state index in [4.69, 9.17) is 9.47 Å². The molecule has 0 aromatic heterocycles. The highest BCUT2D eigenvalue weighted by molar-refractivity contribution is 5.90. The van der Waals surface area contributed by atoms with Gasteiger partial charge in [-0.2, -0.15) is 0 Å². The van der Waals surface area contributed by atoms with Gasteiger partial charge in [0.1, 0.15) is 5.60 Å². The van der Waals surface area contributed by atoms with Gasteiger partial charge in [-0.25, -0.2) is 9.18 Å². The van der Waals surface area contributed by atoms with Crippen molar-refractivity contribution in [2.24, 2.45) is 0 Å². The van der Waals surface area contributed by atoms with Crippen LogP contribution in [0.15, 0.2) is 18.2 Å². The maximum atomic E-state index is 13.8. The van der Waals surface area contributed by atoms with Crippen LogP contribution in [0.4, 0.5) is 9.18 Å². The molecule has 1 amide bonds. The molecule has 23 heavy (non-hydrogen) atoms. The number of piperidine rings is 1. The molecule has 0 bridgehead atoms. The van der Waals surface area contributed by atoms with E-state index in [-0.39, 0.29) is 18.1 Å². The second-order valence-electron chi connectivity index (χ2n) is 6.60. The molecule has 1 aromatic rings. The number of benzene rings is 1. The first-order valence-electron chi connectivity index (χ1n) is 7.55. The number of Topliss-reactive ketones (excluding diaryl/α,β-unsaturated/α-hetero) is 1. The van der Waals surface area contributed by atoms with Crippen LogP contribution in [-0.4, -0.2) is 42.6 Å². The minimum absolute atomic E-state index is 0.0206. The number of halogens is 1. The second kappa shape index (κ2) is 6.56. The van der Waals surface area contributed by atoms with E-state index in [1.165, 1.54) is 24.1 Å². The van der Waals surface area contributed by atoms with Crippen molar-refractivity contribution in [3.05, 3.63) is 29.6 Å². The first kappa shape index (κ1) is 17.2. The largest absolute Gasteiger partial charge is 0.494 e. The molecule has 1 aliphatic rings. The van der Waals surface area contributed by atoms with Crippen LogP contribution < -0.4 is 4.74 Å². The van der Waals surface area contributed by atoms with E-state index >= 15 is 0 Å². The maximum Gasteiger partial charge on any atom is 0.410 e. The zero-order valence-corrected chi connectivity index (χ0v) is 13.9. The third-order valence-electron chi connectivity index (χ3n) is 3.65. The highest BCUT2D eigenvalue weighted by Crippen LogP contribution is 2.29. The summed E-state index contributed by atoms with van der Waals surface area (Å²) in [6.45, 7) is 5.71. The van der Waals surface area contributed by atoms with Crippen molar-refractivity contribution in [2.45, 2.75) is 38.7 Å².